The van der Waals surface area contributed by atoms with Crippen LogP contribution in [0, 0.1) is 12.7 Å². The number of halogens is 1. The molecule has 6 heteroatoms. The fraction of sp³-hybridized carbons (Fsp3) is 0.300. The number of nitrogens with one attached hydrogen (secondary N) is 1. The molecule has 0 radical (unpaired) electrons. The van der Waals surface area contributed by atoms with Crippen molar-refractivity contribution in [2.24, 2.45) is 0 Å². The van der Waals surface area contributed by atoms with Crippen LogP contribution >= 0.6 is 0 Å². The van der Waals surface area contributed by atoms with E-state index in [2.05, 4.69) is 19.2 Å². The highest BCUT2D eigenvalue weighted by Crippen LogP contribution is 2.23. The normalized spacial score (nSPS) is 10.5. The number of esters is 1. The monoisotopic (exact) mass is 359 g/mol. The van der Waals surface area contributed by atoms with E-state index in [9.17, 15) is 14.0 Å². The lowest BCUT2D eigenvalue weighted by Crippen LogP contribution is -2.23. The molecule has 0 saturated heterocycles. The molecule has 1 amide bonds. The number of carbonyl (C=O) groups excluding carboxylic acids is 2. The summed E-state index contributed by atoms with van der Waals surface area (Å²) < 4.78 is 23.1. The van der Waals surface area contributed by atoms with Crippen molar-refractivity contribution in [2.75, 3.05) is 18.5 Å². The summed E-state index contributed by atoms with van der Waals surface area (Å²) in [6, 6.07) is 10.9. The Labute approximate surface area is 152 Å². The Kier molecular flexibility index (Phi) is 6.72. The first-order chi connectivity index (χ1) is 12.3. The van der Waals surface area contributed by atoms with E-state index >= 15 is 0 Å². The lowest BCUT2D eigenvalue weighted by atomic mass is 9.98. The SMILES string of the molecule is Cc1cc(OCC(=O)OCC(=O)Nc2ccc(F)cc2)ccc1C(C)C. The highest BCUT2D eigenvalue weighted by atomic mass is 19.1. The molecule has 0 unspecified atom stereocenters. The van der Waals surface area contributed by atoms with E-state index in [0.29, 0.717) is 17.4 Å². The molecule has 0 spiro atoms. The minimum atomic E-state index is -0.648. The van der Waals surface area contributed by atoms with Crippen molar-refractivity contribution in [1.29, 1.82) is 0 Å². The molecule has 0 aliphatic rings. The minimum Gasteiger partial charge on any atom is -0.482 e. The smallest absolute Gasteiger partial charge is 0.344 e. The molecule has 2 rings (SSSR count). The Bertz CT molecular complexity index is 772. The van der Waals surface area contributed by atoms with E-state index in [1.807, 2.05) is 19.1 Å². The number of carbonyl (C=O) groups is 2. The Balaban J connectivity index is 1.75. The van der Waals surface area contributed by atoms with E-state index in [1.165, 1.54) is 29.8 Å². The summed E-state index contributed by atoms with van der Waals surface area (Å²) in [4.78, 5) is 23.4. The average Bonchev–Trinajstić information content (AvgIpc) is 2.60. The van der Waals surface area contributed by atoms with Gasteiger partial charge in [0, 0.05) is 5.69 Å². The second-order valence-electron chi connectivity index (χ2n) is 6.18. The van der Waals surface area contributed by atoms with Gasteiger partial charge in [-0.05, 0) is 60.4 Å². The number of amides is 1. The summed E-state index contributed by atoms with van der Waals surface area (Å²) in [6.45, 7) is 5.48. The van der Waals surface area contributed by atoms with Gasteiger partial charge in [0.25, 0.3) is 5.91 Å². The maximum Gasteiger partial charge on any atom is 0.344 e. The van der Waals surface area contributed by atoms with Crippen LogP contribution in [0.1, 0.15) is 30.9 Å². The second kappa shape index (κ2) is 8.99. The average molecular weight is 359 g/mol. The van der Waals surface area contributed by atoms with Gasteiger partial charge in [0.15, 0.2) is 13.2 Å². The summed E-state index contributed by atoms with van der Waals surface area (Å²) in [5.41, 5.74) is 2.73. The molecule has 5 nitrogen and oxygen atoms in total. The van der Waals surface area contributed by atoms with Gasteiger partial charge in [-0.3, -0.25) is 4.79 Å². The van der Waals surface area contributed by atoms with Crippen LogP contribution in [0.4, 0.5) is 10.1 Å². The Hall–Kier alpha value is -2.89. The number of hydrogen-bond acceptors (Lipinski definition) is 4. The zero-order chi connectivity index (χ0) is 19.1. The zero-order valence-corrected chi connectivity index (χ0v) is 15.0. The Morgan fingerprint density at radius 2 is 1.77 bits per heavy atom. The van der Waals surface area contributed by atoms with E-state index in [4.69, 9.17) is 9.47 Å². The quantitative estimate of drug-likeness (QED) is 0.764. The molecule has 0 heterocycles. The highest BCUT2D eigenvalue weighted by molar-refractivity contribution is 5.92. The van der Waals surface area contributed by atoms with Gasteiger partial charge in [0.05, 0.1) is 0 Å². The van der Waals surface area contributed by atoms with Crippen LogP contribution < -0.4 is 10.1 Å². The van der Waals surface area contributed by atoms with Gasteiger partial charge < -0.3 is 14.8 Å². The van der Waals surface area contributed by atoms with Gasteiger partial charge in [-0.15, -0.1) is 0 Å². The summed E-state index contributed by atoms with van der Waals surface area (Å²) in [5, 5.41) is 2.50. The second-order valence-corrected chi connectivity index (χ2v) is 6.18. The molecular formula is C20H22FNO4. The van der Waals surface area contributed by atoms with Crippen LogP contribution in [-0.2, 0) is 14.3 Å². The topological polar surface area (TPSA) is 64.6 Å². The van der Waals surface area contributed by atoms with Gasteiger partial charge in [-0.2, -0.15) is 0 Å². The fourth-order valence-electron chi connectivity index (χ4n) is 2.45. The molecule has 26 heavy (non-hydrogen) atoms. The van der Waals surface area contributed by atoms with Crippen LogP contribution in [0.15, 0.2) is 42.5 Å². The summed E-state index contributed by atoms with van der Waals surface area (Å²) in [7, 11) is 0. The van der Waals surface area contributed by atoms with Crippen LogP contribution in [-0.4, -0.2) is 25.1 Å². The summed E-state index contributed by atoms with van der Waals surface area (Å²) in [5.74, 6) is -0.580. The van der Waals surface area contributed by atoms with Gasteiger partial charge in [0.2, 0.25) is 0 Å². The van der Waals surface area contributed by atoms with Crippen LogP contribution in [0.3, 0.4) is 0 Å². The predicted molar refractivity (Wildman–Crippen MR) is 96.8 cm³/mol. The number of hydrogen-bond donors (Lipinski definition) is 1. The number of anilines is 1. The van der Waals surface area contributed by atoms with E-state index < -0.39 is 24.3 Å². The molecule has 0 aliphatic heterocycles. The van der Waals surface area contributed by atoms with Crippen LogP contribution in [0.2, 0.25) is 0 Å². The first kappa shape index (κ1) is 19.4. The third kappa shape index (κ3) is 5.88. The summed E-state index contributed by atoms with van der Waals surface area (Å²) >= 11 is 0. The van der Waals surface area contributed by atoms with E-state index in [-0.39, 0.29) is 6.61 Å². The molecule has 138 valence electrons. The maximum absolute atomic E-state index is 12.8. The number of aryl methyl sites for hydroxylation is 1. The molecule has 2 aromatic rings. The molecule has 0 bridgehead atoms. The number of rotatable bonds is 7. The first-order valence-corrected chi connectivity index (χ1v) is 8.29. The van der Waals surface area contributed by atoms with Crippen LogP contribution in [0.5, 0.6) is 5.75 Å². The molecule has 1 N–H and O–H groups in total. The van der Waals surface area contributed by atoms with Crippen molar-refractivity contribution in [3.63, 3.8) is 0 Å². The molecule has 0 aliphatic carbocycles. The fourth-order valence-corrected chi connectivity index (χ4v) is 2.45. The number of benzene rings is 2. The molecule has 2 aromatic carbocycles. The van der Waals surface area contributed by atoms with Gasteiger partial charge in [0.1, 0.15) is 11.6 Å². The van der Waals surface area contributed by atoms with Gasteiger partial charge in [-0.25, -0.2) is 9.18 Å². The zero-order valence-electron chi connectivity index (χ0n) is 15.0. The third-order valence-corrected chi connectivity index (χ3v) is 3.71. The van der Waals surface area contributed by atoms with Gasteiger partial charge in [-0.1, -0.05) is 19.9 Å². The van der Waals surface area contributed by atoms with E-state index in [0.717, 1.165) is 5.56 Å². The lowest BCUT2D eigenvalue weighted by Gasteiger charge is -2.12. The summed E-state index contributed by atoms with van der Waals surface area (Å²) in [6.07, 6.45) is 0. The largest absolute Gasteiger partial charge is 0.482 e. The van der Waals surface area contributed by atoms with Crippen molar-refractivity contribution < 1.29 is 23.5 Å². The molecule has 0 fully saturated rings. The van der Waals surface area contributed by atoms with Gasteiger partial charge >= 0.3 is 5.97 Å². The predicted octanol–water partition coefficient (Wildman–Crippen LogP) is 3.82. The van der Waals surface area contributed by atoms with E-state index in [1.54, 1.807) is 6.07 Å². The van der Waals surface area contributed by atoms with Crippen molar-refractivity contribution in [3.05, 3.63) is 59.4 Å². The molecule has 0 saturated carbocycles. The van der Waals surface area contributed by atoms with Crippen molar-refractivity contribution >= 4 is 17.6 Å². The Morgan fingerprint density at radius 1 is 1.08 bits per heavy atom. The Morgan fingerprint density at radius 3 is 2.38 bits per heavy atom. The third-order valence-electron chi connectivity index (χ3n) is 3.71. The highest BCUT2D eigenvalue weighted by Gasteiger charge is 2.10. The van der Waals surface area contributed by atoms with Crippen LogP contribution in [0.25, 0.3) is 0 Å². The number of ether oxygens (including phenoxy) is 2. The molecule has 0 atom stereocenters. The van der Waals surface area contributed by atoms with Crippen molar-refractivity contribution in [2.45, 2.75) is 26.7 Å². The van der Waals surface area contributed by atoms with Crippen molar-refractivity contribution in [3.8, 4) is 5.75 Å². The maximum atomic E-state index is 12.8. The minimum absolute atomic E-state index is 0.287. The first-order valence-electron chi connectivity index (χ1n) is 8.29. The molecule has 0 aromatic heterocycles. The standard InChI is InChI=1S/C20H22FNO4/c1-13(2)18-9-8-17(10-14(18)3)25-12-20(24)26-11-19(23)22-16-6-4-15(21)5-7-16/h4-10,13H,11-12H2,1-3H3,(H,22,23). The van der Waals surface area contributed by atoms with Crippen molar-refractivity contribution in [1.82, 2.24) is 0 Å². The lowest BCUT2D eigenvalue weighted by molar-refractivity contribution is -0.149. The molecular weight excluding hydrogens is 337 g/mol.